The normalized spacial score (nSPS) is 13.6. The summed E-state index contributed by atoms with van der Waals surface area (Å²) >= 11 is 3.37. The predicted octanol–water partition coefficient (Wildman–Crippen LogP) is 4.53. The number of hydrogen-bond acceptors (Lipinski definition) is 5. The second-order valence-corrected chi connectivity index (χ2v) is 7.44. The van der Waals surface area contributed by atoms with Gasteiger partial charge in [-0.1, -0.05) is 18.7 Å². The van der Waals surface area contributed by atoms with Gasteiger partial charge in [-0.3, -0.25) is 0 Å². The van der Waals surface area contributed by atoms with Gasteiger partial charge in [0, 0.05) is 16.8 Å². The highest BCUT2D eigenvalue weighted by molar-refractivity contribution is 7.98. The van der Waals surface area contributed by atoms with Crippen molar-refractivity contribution >= 4 is 23.1 Å². The van der Waals surface area contributed by atoms with Crippen molar-refractivity contribution in [1.82, 2.24) is 9.97 Å². The first-order valence-corrected chi connectivity index (χ1v) is 9.65. The van der Waals surface area contributed by atoms with Crippen LogP contribution in [0.1, 0.15) is 53.7 Å². The second-order valence-electron chi connectivity index (χ2n) is 5.54. The highest BCUT2D eigenvalue weighted by Crippen LogP contribution is 2.29. The Kier molecular flexibility index (Phi) is 5.12. The number of hydrogen-bond donors (Lipinski definition) is 0. The standard InChI is InChI=1S/C17H19N3S2/c1-2-5-16-19-14(10-21-16)11-22-17-13(9-18)8-12-6-3-4-7-15(12)20-17/h8,10H,2-7,11H2,1H3. The molecular weight excluding hydrogens is 310 g/mol. The molecule has 0 aromatic carbocycles. The zero-order valence-electron chi connectivity index (χ0n) is 12.8. The Morgan fingerprint density at radius 2 is 2.18 bits per heavy atom. The van der Waals surface area contributed by atoms with Crippen LogP contribution in [0.15, 0.2) is 16.5 Å². The lowest BCUT2D eigenvalue weighted by atomic mass is 9.95. The lowest BCUT2D eigenvalue weighted by Crippen LogP contribution is -2.07. The van der Waals surface area contributed by atoms with E-state index in [1.807, 2.05) is 6.07 Å². The van der Waals surface area contributed by atoms with Gasteiger partial charge in [-0.05, 0) is 50.2 Å². The molecule has 0 atom stereocenters. The van der Waals surface area contributed by atoms with E-state index in [9.17, 15) is 5.26 Å². The highest BCUT2D eigenvalue weighted by Gasteiger charge is 2.15. The van der Waals surface area contributed by atoms with Gasteiger partial charge in [0.05, 0.1) is 16.3 Å². The first kappa shape index (κ1) is 15.5. The molecule has 0 aliphatic heterocycles. The van der Waals surface area contributed by atoms with E-state index in [1.54, 1.807) is 23.1 Å². The molecule has 0 unspecified atom stereocenters. The van der Waals surface area contributed by atoms with Gasteiger partial charge in [-0.25, -0.2) is 9.97 Å². The average Bonchev–Trinajstić information content (AvgIpc) is 3.00. The molecule has 0 bridgehead atoms. The molecule has 114 valence electrons. The summed E-state index contributed by atoms with van der Waals surface area (Å²) in [6.07, 6.45) is 6.72. The van der Waals surface area contributed by atoms with E-state index in [-0.39, 0.29) is 0 Å². The van der Waals surface area contributed by atoms with Gasteiger partial charge in [0.2, 0.25) is 0 Å². The molecule has 2 aromatic rings. The number of pyridine rings is 1. The lowest BCUT2D eigenvalue weighted by molar-refractivity contribution is 0.660. The Labute approximate surface area is 139 Å². The number of fused-ring (bicyclic) bond motifs is 1. The molecule has 0 saturated heterocycles. The number of rotatable bonds is 5. The van der Waals surface area contributed by atoms with E-state index in [1.165, 1.54) is 29.1 Å². The number of aryl methyl sites for hydroxylation is 3. The van der Waals surface area contributed by atoms with E-state index in [0.717, 1.165) is 47.7 Å². The van der Waals surface area contributed by atoms with Crippen molar-refractivity contribution in [1.29, 1.82) is 5.26 Å². The third-order valence-electron chi connectivity index (χ3n) is 3.81. The number of thioether (sulfide) groups is 1. The smallest absolute Gasteiger partial charge is 0.114 e. The van der Waals surface area contributed by atoms with E-state index >= 15 is 0 Å². The van der Waals surface area contributed by atoms with Crippen LogP contribution in [-0.2, 0) is 25.0 Å². The van der Waals surface area contributed by atoms with Crippen molar-refractivity contribution in [2.45, 2.75) is 56.2 Å². The molecule has 0 fully saturated rings. The van der Waals surface area contributed by atoms with Crippen LogP contribution in [0.25, 0.3) is 0 Å². The fraction of sp³-hybridized carbons (Fsp3) is 0.471. The molecule has 3 rings (SSSR count). The van der Waals surface area contributed by atoms with Gasteiger partial charge in [0.25, 0.3) is 0 Å². The van der Waals surface area contributed by atoms with Gasteiger partial charge in [0.15, 0.2) is 0 Å². The molecule has 0 spiro atoms. The van der Waals surface area contributed by atoms with Crippen LogP contribution in [0.5, 0.6) is 0 Å². The molecule has 22 heavy (non-hydrogen) atoms. The molecular formula is C17H19N3S2. The minimum Gasteiger partial charge on any atom is -0.245 e. The van der Waals surface area contributed by atoms with E-state index < -0.39 is 0 Å². The first-order chi connectivity index (χ1) is 10.8. The maximum absolute atomic E-state index is 9.37. The summed E-state index contributed by atoms with van der Waals surface area (Å²) < 4.78 is 0. The monoisotopic (exact) mass is 329 g/mol. The number of nitriles is 1. The predicted molar refractivity (Wildman–Crippen MR) is 91.3 cm³/mol. The van der Waals surface area contributed by atoms with Crippen LogP contribution in [0.2, 0.25) is 0 Å². The quantitative estimate of drug-likeness (QED) is 0.756. The van der Waals surface area contributed by atoms with Gasteiger partial charge in [-0.2, -0.15) is 5.26 Å². The molecule has 5 heteroatoms. The minimum atomic E-state index is 0.717. The maximum Gasteiger partial charge on any atom is 0.114 e. The van der Waals surface area contributed by atoms with E-state index in [4.69, 9.17) is 4.98 Å². The van der Waals surface area contributed by atoms with E-state index in [0.29, 0.717) is 0 Å². The molecule has 0 amide bonds. The molecule has 0 radical (unpaired) electrons. The van der Waals surface area contributed by atoms with Crippen LogP contribution >= 0.6 is 23.1 Å². The third kappa shape index (κ3) is 3.50. The van der Waals surface area contributed by atoms with Crippen LogP contribution in [0.3, 0.4) is 0 Å². The Bertz CT molecular complexity index is 700. The zero-order valence-corrected chi connectivity index (χ0v) is 14.4. The summed E-state index contributed by atoms with van der Waals surface area (Å²) in [5.41, 5.74) is 4.28. The summed E-state index contributed by atoms with van der Waals surface area (Å²) in [5.74, 6) is 0.792. The lowest BCUT2D eigenvalue weighted by Gasteiger charge is -2.16. The largest absolute Gasteiger partial charge is 0.245 e. The molecule has 1 aliphatic carbocycles. The van der Waals surface area contributed by atoms with Crippen LogP contribution in [-0.4, -0.2) is 9.97 Å². The highest BCUT2D eigenvalue weighted by atomic mass is 32.2. The molecule has 0 N–H and O–H groups in total. The summed E-state index contributed by atoms with van der Waals surface area (Å²) in [6.45, 7) is 2.17. The second kappa shape index (κ2) is 7.26. The van der Waals surface area contributed by atoms with Gasteiger partial charge >= 0.3 is 0 Å². The van der Waals surface area contributed by atoms with Crippen LogP contribution in [0, 0.1) is 11.3 Å². The number of aromatic nitrogens is 2. The average molecular weight is 329 g/mol. The fourth-order valence-electron chi connectivity index (χ4n) is 2.69. The minimum absolute atomic E-state index is 0.717. The third-order valence-corrected chi connectivity index (χ3v) is 5.79. The Morgan fingerprint density at radius 1 is 1.32 bits per heavy atom. The first-order valence-electron chi connectivity index (χ1n) is 7.79. The number of thiazole rings is 1. The van der Waals surface area contributed by atoms with Crippen LogP contribution < -0.4 is 0 Å². The zero-order chi connectivity index (χ0) is 15.4. The molecule has 1 aliphatic rings. The van der Waals surface area contributed by atoms with Crippen molar-refractivity contribution in [3.63, 3.8) is 0 Å². The Balaban J connectivity index is 1.75. The number of nitrogens with zero attached hydrogens (tertiary/aromatic N) is 3. The molecule has 0 saturated carbocycles. The van der Waals surface area contributed by atoms with Gasteiger partial charge in [-0.15, -0.1) is 11.3 Å². The van der Waals surface area contributed by atoms with Gasteiger partial charge in [0.1, 0.15) is 11.1 Å². The maximum atomic E-state index is 9.37. The van der Waals surface area contributed by atoms with Crippen LogP contribution in [0.4, 0.5) is 0 Å². The SMILES string of the molecule is CCCc1nc(CSc2nc3c(cc2C#N)CCCC3)cs1. The van der Waals surface area contributed by atoms with Crippen molar-refractivity contribution in [2.24, 2.45) is 0 Å². The summed E-state index contributed by atoms with van der Waals surface area (Å²) in [4.78, 5) is 9.40. The van der Waals surface area contributed by atoms with Gasteiger partial charge < -0.3 is 0 Å². The fourth-order valence-corrected chi connectivity index (χ4v) is 4.56. The molecule has 3 nitrogen and oxygen atoms in total. The Morgan fingerprint density at radius 3 is 3.00 bits per heavy atom. The van der Waals surface area contributed by atoms with E-state index in [2.05, 4.69) is 23.4 Å². The van der Waals surface area contributed by atoms with Crippen molar-refractivity contribution < 1.29 is 0 Å². The van der Waals surface area contributed by atoms with Crippen molar-refractivity contribution in [3.8, 4) is 6.07 Å². The molecule has 2 aromatic heterocycles. The summed E-state index contributed by atoms with van der Waals surface area (Å²) in [7, 11) is 0. The summed E-state index contributed by atoms with van der Waals surface area (Å²) in [6, 6.07) is 4.36. The van der Waals surface area contributed by atoms with Crippen molar-refractivity contribution in [2.75, 3.05) is 0 Å². The topological polar surface area (TPSA) is 49.6 Å². The van der Waals surface area contributed by atoms with Crippen molar-refractivity contribution in [3.05, 3.63) is 39.0 Å². The summed E-state index contributed by atoms with van der Waals surface area (Å²) in [5, 5.41) is 13.6. The molecule has 2 heterocycles. The Hall–Kier alpha value is -1.38.